The standard InChI is InChI=1S/C17H20N2O4/c1-18(11-14-5-3-2-4-6-14)12-16(20)13-23-17-9-7-15(8-10-17)19(21)22/h2-10,16,20H,11-13H2,1H3. The molecular weight excluding hydrogens is 296 g/mol. The molecule has 0 bridgehead atoms. The van der Waals surface area contributed by atoms with Crippen LogP contribution in [0.3, 0.4) is 0 Å². The largest absolute Gasteiger partial charge is 0.491 e. The molecule has 0 spiro atoms. The van der Waals surface area contributed by atoms with Crippen molar-refractivity contribution >= 4 is 5.69 Å². The van der Waals surface area contributed by atoms with E-state index in [9.17, 15) is 15.2 Å². The molecule has 2 rings (SSSR count). The Morgan fingerprint density at radius 2 is 1.83 bits per heavy atom. The highest BCUT2D eigenvalue weighted by Crippen LogP contribution is 2.17. The minimum atomic E-state index is -0.640. The van der Waals surface area contributed by atoms with Crippen LogP contribution in [-0.2, 0) is 6.54 Å². The number of hydrogen-bond donors (Lipinski definition) is 1. The van der Waals surface area contributed by atoms with Gasteiger partial charge >= 0.3 is 0 Å². The quantitative estimate of drug-likeness (QED) is 0.598. The van der Waals surface area contributed by atoms with Gasteiger partial charge in [0.1, 0.15) is 18.5 Å². The zero-order valence-electron chi connectivity index (χ0n) is 13.0. The first-order valence-electron chi connectivity index (χ1n) is 7.32. The van der Waals surface area contributed by atoms with Crippen LogP contribution >= 0.6 is 0 Å². The summed E-state index contributed by atoms with van der Waals surface area (Å²) in [6.07, 6.45) is -0.640. The summed E-state index contributed by atoms with van der Waals surface area (Å²) >= 11 is 0. The fourth-order valence-corrected chi connectivity index (χ4v) is 2.23. The highest BCUT2D eigenvalue weighted by Gasteiger charge is 2.10. The molecule has 1 atom stereocenters. The molecule has 0 radical (unpaired) electrons. The van der Waals surface area contributed by atoms with Crippen molar-refractivity contribution in [3.05, 3.63) is 70.3 Å². The molecular formula is C17H20N2O4. The highest BCUT2D eigenvalue weighted by atomic mass is 16.6. The van der Waals surface area contributed by atoms with E-state index in [1.165, 1.54) is 29.8 Å². The van der Waals surface area contributed by atoms with Crippen LogP contribution in [0.15, 0.2) is 54.6 Å². The van der Waals surface area contributed by atoms with Gasteiger partial charge in [-0.3, -0.25) is 15.0 Å². The van der Waals surface area contributed by atoms with Gasteiger partial charge in [0, 0.05) is 25.2 Å². The first kappa shape index (κ1) is 16.9. The molecule has 122 valence electrons. The van der Waals surface area contributed by atoms with Gasteiger partial charge in [-0.05, 0) is 24.7 Å². The highest BCUT2D eigenvalue weighted by molar-refractivity contribution is 5.35. The average molecular weight is 316 g/mol. The van der Waals surface area contributed by atoms with E-state index < -0.39 is 11.0 Å². The summed E-state index contributed by atoms with van der Waals surface area (Å²) in [5.74, 6) is 0.500. The fraction of sp³-hybridized carbons (Fsp3) is 0.294. The number of aliphatic hydroxyl groups is 1. The molecule has 0 saturated carbocycles. The third-order valence-electron chi connectivity index (χ3n) is 3.31. The van der Waals surface area contributed by atoms with Crippen molar-refractivity contribution in [1.82, 2.24) is 4.90 Å². The Morgan fingerprint density at radius 1 is 1.17 bits per heavy atom. The number of hydrogen-bond acceptors (Lipinski definition) is 5. The van der Waals surface area contributed by atoms with Crippen LogP contribution in [0.25, 0.3) is 0 Å². The molecule has 0 aromatic heterocycles. The summed E-state index contributed by atoms with van der Waals surface area (Å²) in [6.45, 7) is 1.36. The minimum absolute atomic E-state index is 0.0143. The van der Waals surface area contributed by atoms with Gasteiger partial charge in [0.15, 0.2) is 0 Å². The van der Waals surface area contributed by atoms with Crippen LogP contribution in [0.2, 0.25) is 0 Å². The van der Waals surface area contributed by atoms with Crippen molar-refractivity contribution in [2.75, 3.05) is 20.2 Å². The lowest BCUT2D eigenvalue weighted by Crippen LogP contribution is -2.32. The molecule has 1 unspecified atom stereocenters. The van der Waals surface area contributed by atoms with Crippen LogP contribution in [0, 0.1) is 10.1 Å². The van der Waals surface area contributed by atoms with E-state index in [0.29, 0.717) is 12.3 Å². The predicted molar refractivity (Wildman–Crippen MR) is 87.4 cm³/mol. The van der Waals surface area contributed by atoms with E-state index in [1.807, 2.05) is 42.3 Å². The molecule has 0 fully saturated rings. The first-order chi connectivity index (χ1) is 11.0. The van der Waals surface area contributed by atoms with Gasteiger partial charge in [-0.2, -0.15) is 0 Å². The number of nitrogens with zero attached hydrogens (tertiary/aromatic N) is 2. The average Bonchev–Trinajstić information content (AvgIpc) is 2.54. The van der Waals surface area contributed by atoms with Crippen molar-refractivity contribution in [1.29, 1.82) is 0 Å². The maximum atomic E-state index is 10.6. The van der Waals surface area contributed by atoms with Crippen LogP contribution in [0.5, 0.6) is 5.75 Å². The Hall–Kier alpha value is -2.44. The van der Waals surface area contributed by atoms with Gasteiger partial charge in [-0.15, -0.1) is 0 Å². The number of non-ortho nitro benzene ring substituents is 1. The van der Waals surface area contributed by atoms with Crippen LogP contribution in [-0.4, -0.2) is 41.2 Å². The smallest absolute Gasteiger partial charge is 0.269 e. The molecule has 2 aromatic carbocycles. The predicted octanol–water partition coefficient (Wildman–Crippen LogP) is 2.47. The summed E-state index contributed by atoms with van der Waals surface area (Å²) in [6, 6.07) is 15.8. The van der Waals surface area contributed by atoms with E-state index in [0.717, 1.165) is 6.54 Å². The van der Waals surface area contributed by atoms with Crippen LogP contribution in [0.4, 0.5) is 5.69 Å². The van der Waals surface area contributed by atoms with E-state index in [1.54, 1.807) is 0 Å². The Balaban J connectivity index is 1.76. The number of nitro groups is 1. The van der Waals surface area contributed by atoms with Crippen molar-refractivity contribution in [3.8, 4) is 5.75 Å². The molecule has 0 aliphatic heterocycles. The molecule has 0 amide bonds. The molecule has 0 aliphatic rings. The third-order valence-corrected chi connectivity index (χ3v) is 3.31. The van der Waals surface area contributed by atoms with E-state index in [2.05, 4.69) is 0 Å². The summed E-state index contributed by atoms with van der Waals surface area (Å²) < 4.78 is 5.45. The summed E-state index contributed by atoms with van der Waals surface area (Å²) in [5, 5.41) is 20.6. The lowest BCUT2D eigenvalue weighted by atomic mass is 10.2. The van der Waals surface area contributed by atoms with Crippen molar-refractivity contribution in [3.63, 3.8) is 0 Å². The first-order valence-corrected chi connectivity index (χ1v) is 7.32. The van der Waals surface area contributed by atoms with Gasteiger partial charge < -0.3 is 9.84 Å². The molecule has 23 heavy (non-hydrogen) atoms. The summed E-state index contributed by atoms with van der Waals surface area (Å²) in [4.78, 5) is 12.1. The topological polar surface area (TPSA) is 75.8 Å². The van der Waals surface area contributed by atoms with Gasteiger partial charge in [-0.1, -0.05) is 30.3 Å². The second kappa shape index (κ2) is 8.26. The Labute approximate surface area is 135 Å². The monoisotopic (exact) mass is 316 g/mol. The van der Waals surface area contributed by atoms with Gasteiger partial charge in [0.05, 0.1) is 4.92 Å². The zero-order valence-corrected chi connectivity index (χ0v) is 13.0. The number of rotatable bonds is 8. The Kier molecular flexibility index (Phi) is 6.08. The lowest BCUT2D eigenvalue weighted by molar-refractivity contribution is -0.384. The number of aliphatic hydroxyl groups excluding tert-OH is 1. The van der Waals surface area contributed by atoms with Gasteiger partial charge in [-0.25, -0.2) is 0 Å². The van der Waals surface area contributed by atoms with Crippen LogP contribution < -0.4 is 4.74 Å². The number of benzene rings is 2. The molecule has 0 saturated heterocycles. The number of nitro benzene ring substituents is 1. The van der Waals surface area contributed by atoms with E-state index in [4.69, 9.17) is 4.74 Å². The number of likely N-dealkylation sites (N-methyl/N-ethyl adjacent to an activating group) is 1. The normalized spacial score (nSPS) is 12.1. The van der Waals surface area contributed by atoms with Gasteiger partial charge in [0.2, 0.25) is 0 Å². The van der Waals surface area contributed by atoms with Crippen molar-refractivity contribution in [2.24, 2.45) is 0 Å². The third kappa shape index (κ3) is 5.69. The van der Waals surface area contributed by atoms with E-state index >= 15 is 0 Å². The molecule has 0 aliphatic carbocycles. The second-order valence-corrected chi connectivity index (χ2v) is 5.40. The Morgan fingerprint density at radius 3 is 2.43 bits per heavy atom. The van der Waals surface area contributed by atoms with Gasteiger partial charge in [0.25, 0.3) is 5.69 Å². The second-order valence-electron chi connectivity index (χ2n) is 5.40. The molecule has 6 heteroatoms. The maximum Gasteiger partial charge on any atom is 0.269 e. The van der Waals surface area contributed by atoms with Crippen LogP contribution in [0.1, 0.15) is 5.56 Å². The minimum Gasteiger partial charge on any atom is -0.491 e. The summed E-state index contributed by atoms with van der Waals surface area (Å²) in [5.41, 5.74) is 1.19. The lowest BCUT2D eigenvalue weighted by Gasteiger charge is -2.20. The molecule has 1 N–H and O–H groups in total. The SMILES string of the molecule is CN(Cc1ccccc1)CC(O)COc1ccc([N+](=O)[O-])cc1. The molecule has 0 heterocycles. The maximum absolute atomic E-state index is 10.6. The summed E-state index contributed by atoms with van der Waals surface area (Å²) in [7, 11) is 1.93. The fourth-order valence-electron chi connectivity index (χ4n) is 2.23. The van der Waals surface area contributed by atoms with E-state index in [-0.39, 0.29) is 12.3 Å². The molecule has 6 nitrogen and oxygen atoms in total. The number of ether oxygens (including phenoxy) is 1. The van der Waals surface area contributed by atoms with Crippen molar-refractivity contribution < 1.29 is 14.8 Å². The Bertz CT molecular complexity index is 616. The van der Waals surface area contributed by atoms with Crippen molar-refractivity contribution in [2.45, 2.75) is 12.6 Å². The molecule has 2 aromatic rings. The zero-order chi connectivity index (χ0) is 16.7.